The largest absolute Gasteiger partial charge is 0.416 e. The Bertz CT molecular complexity index is 1450. The summed E-state index contributed by atoms with van der Waals surface area (Å²) in [5, 5.41) is 5.74. The third kappa shape index (κ3) is 7.99. The number of hydrogen-bond donors (Lipinski definition) is 3. The molecule has 3 aromatic carbocycles. The van der Waals surface area contributed by atoms with E-state index < -0.39 is 29.5 Å². The van der Waals surface area contributed by atoms with Crippen molar-refractivity contribution in [2.24, 2.45) is 15.8 Å². The highest BCUT2D eigenvalue weighted by molar-refractivity contribution is 6.02. The van der Waals surface area contributed by atoms with Crippen LogP contribution < -0.4 is 21.5 Å². The van der Waals surface area contributed by atoms with Crippen LogP contribution in [0.4, 0.5) is 28.0 Å². The maximum absolute atomic E-state index is 13.9. The van der Waals surface area contributed by atoms with Crippen molar-refractivity contribution in [3.63, 3.8) is 0 Å². The summed E-state index contributed by atoms with van der Waals surface area (Å²) in [6.45, 7) is -0.251. The van der Waals surface area contributed by atoms with Crippen LogP contribution >= 0.6 is 0 Å². The second-order valence-electron chi connectivity index (χ2n) is 10.1. The monoisotopic (exact) mass is 583 g/mol. The Labute approximate surface area is 240 Å². The fraction of sp³-hybridized carbons (Fsp3) is 0.300. The van der Waals surface area contributed by atoms with Crippen LogP contribution in [-0.4, -0.2) is 17.9 Å². The first-order valence-corrected chi connectivity index (χ1v) is 13.4. The first-order chi connectivity index (χ1) is 20.0. The van der Waals surface area contributed by atoms with Gasteiger partial charge in [0, 0.05) is 22.9 Å². The van der Waals surface area contributed by atoms with Crippen LogP contribution in [-0.2, 0) is 19.3 Å². The lowest BCUT2D eigenvalue weighted by Crippen LogP contribution is -2.39. The average molecular weight is 584 g/mol. The van der Waals surface area contributed by atoms with Crippen LogP contribution in [0.3, 0.4) is 0 Å². The molecule has 0 aromatic heterocycles. The van der Waals surface area contributed by atoms with Crippen LogP contribution in [0.5, 0.6) is 0 Å². The highest BCUT2D eigenvalue weighted by Crippen LogP contribution is 2.34. The van der Waals surface area contributed by atoms with E-state index in [-0.39, 0.29) is 30.2 Å². The molecule has 220 valence electrons. The molecule has 8 nitrogen and oxygen atoms in total. The van der Waals surface area contributed by atoms with Gasteiger partial charge in [0.05, 0.1) is 12.1 Å². The third-order valence-corrected chi connectivity index (χ3v) is 7.15. The molecule has 5 N–H and O–H groups in total. The molecule has 1 aliphatic rings. The number of benzene rings is 3. The molecule has 0 bridgehead atoms. The molecule has 0 spiro atoms. The first kappa shape index (κ1) is 30.4. The van der Waals surface area contributed by atoms with E-state index in [2.05, 4.69) is 15.4 Å². The Hall–Kier alpha value is -4.61. The number of hydrogen-bond acceptors (Lipinski definition) is 2. The van der Waals surface area contributed by atoms with E-state index in [1.807, 2.05) is 24.3 Å². The number of halogens is 4. The molecule has 0 radical (unpaired) electrons. The number of amides is 3. The minimum atomic E-state index is -4.73. The Kier molecular flexibility index (Phi) is 9.66. The predicted molar refractivity (Wildman–Crippen MR) is 149 cm³/mol. The molecule has 1 aliphatic carbocycles. The van der Waals surface area contributed by atoms with Crippen LogP contribution in [0.15, 0.2) is 76.8 Å². The Morgan fingerprint density at radius 1 is 0.952 bits per heavy atom. The fourth-order valence-electron chi connectivity index (χ4n) is 4.96. The normalized spacial score (nSPS) is 14.3. The Morgan fingerprint density at radius 3 is 2.24 bits per heavy atom. The molecule has 42 heavy (non-hydrogen) atoms. The maximum Gasteiger partial charge on any atom is 0.416 e. The summed E-state index contributed by atoms with van der Waals surface area (Å²) in [6.07, 6.45) is 1.07. The van der Waals surface area contributed by atoms with E-state index >= 15 is 0 Å². The lowest BCUT2D eigenvalue weighted by atomic mass is 9.84. The van der Waals surface area contributed by atoms with Gasteiger partial charge in [-0.2, -0.15) is 18.2 Å². The van der Waals surface area contributed by atoms with E-state index in [1.54, 1.807) is 12.1 Å². The SMILES string of the molecule is NC(N=[NH2+])=NC(=O)c1ccc(CN(C(=O)NCc2cc(F)cc(C(F)(F)F)c2)c2ccc(C3CCCCC3)cc2)cc1. The highest BCUT2D eigenvalue weighted by Gasteiger charge is 2.31. The molecule has 0 saturated heterocycles. The lowest BCUT2D eigenvalue weighted by Gasteiger charge is -2.26. The molecule has 4 rings (SSSR count). The molecule has 0 unspecified atom stereocenters. The van der Waals surface area contributed by atoms with E-state index in [9.17, 15) is 27.2 Å². The number of anilines is 1. The number of guanidine groups is 1. The minimum Gasteiger partial charge on any atom is -0.363 e. The Morgan fingerprint density at radius 2 is 1.62 bits per heavy atom. The number of alkyl halides is 3. The van der Waals surface area contributed by atoms with Crippen molar-refractivity contribution >= 4 is 23.6 Å². The molecular formula is C30H31F4N6O2+. The summed E-state index contributed by atoms with van der Waals surface area (Å²) >= 11 is 0. The van der Waals surface area contributed by atoms with E-state index in [0.717, 1.165) is 25.0 Å². The first-order valence-electron chi connectivity index (χ1n) is 13.4. The zero-order valence-corrected chi connectivity index (χ0v) is 22.7. The van der Waals surface area contributed by atoms with Crippen molar-refractivity contribution in [2.75, 3.05) is 4.90 Å². The molecule has 1 fully saturated rings. The van der Waals surface area contributed by atoms with E-state index in [0.29, 0.717) is 23.2 Å². The van der Waals surface area contributed by atoms with E-state index in [1.165, 1.54) is 41.9 Å². The van der Waals surface area contributed by atoms with Gasteiger partial charge < -0.3 is 11.1 Å². The van der Waals surface area contributed by atoms with Gasteiger partial charge >= 0.3 is 12.2 Å². The van der Waals surface area contributed by atoms with Gasteiger partial charge in [0.2, 0.25) is 0 Å². The number of urea groups is 1. The fourth-order valence-corrected chi connectivity index (χ4v) is 4.96. The summed E-state index contributed by atoms with van der Waals surface area (Å²) in [4.78, 5) is 30.6. The predicted octanol–water partition coefficient (Wildman–Crippen LogP) is 5.47. The Balaban J connectivity index is 1.56. The van der Waals surface area contributed by atoms with Gasteiger partial charge in [0.25, 0.3) is 11.9 Å². The molecule has 3 aromatic rings. The molecular weight excluding hydrogens is 552 g/mol. The number of nitrogens with two attached hydrogens (primary N) is 2. The zero-order chi connectivity index (χ0) is 30.3. The number of nitrogens with zero attached hydrogens (tertiary/aromatic N) is 3. The summed E-state index contributed by atoms with van der Waals surface area (Å²) < 4.78 is 53.4. The third-order valence-electron chi connectivity index (χ3n) is 7.15. The van der Waals surface area contributed by atoms with Crippen molar-refractivity contribution < 1.29 is 32.7 Å². The second-order valence-corrected chi connectivity index (χ2v) is 10.1. The van der Waals surface area contributed by atoms with Gasteiger partial charge in [-0.1, -0.05) is 43.5 Å². The van der Waals surface area contributed by atoms with Crippen molar-refractivity contribution in [2.45, 2.75) is 57.3 Å². The lowest BCUT2D eigenvalue weighted by molar-refractivity contribution is -0.207. The van der Waals surface area contributed by atoms with Gasteiger partial charge in [-0.3, -0.25) is 9.69 Å². The molecule has 1 saturated carbocycles. The minimum absolute atomic E-state index is 0.0322. The second kappa shape index (κ2) is 13.4. The molecule has 3 amide bonds. The van der Waals surface area contributed by atoms with Crippen molar-refractivity contribution in [3.8, 4) is 0 Å². The molecule has 12 heteroatoms. The van der Waals surface area contributed by atoms with Gasteiger partial charge in [-0.25, -0.2) is 9.18 Å². The van der Waals surface area contributed by atoms with E-state index in [4.69, 9.17) is 11.3 Å². The number of carbonyl (C=O) groups excluding carboxylic acids is 2. The number of nitrogens with one attached hydrogen (secondary N) is 1. The number of carbonyl (C=O) groups is 2. The summed E-state index contributed by atoms with van der Waals surface area (Å²) in [6, 6.07) is 15.5. The summed E-state index contributed by atoms with van der Waals surface area (Å²) in [7, 11) is 0. The van der Waals surface area contributed by atoms with Gasteiger partial charge in [0.1, 0.15) is 5.82 Å². The summed E-state index contributed by atoms with van der Waals surface area (Å²) in [5.41, 5.74) is 11.9. The number of aliphatic imine (C=N–C) groups is 1. The summed E-state index contributed by atoms with van der Waals surface area (Å²) in [5.74, 6) is -1.61. The van der Waals surface area contributed by atoms with Gasteiger partial charge in [-0.15, -0.1) is 5.53 Å². The highest BCUT2D eigenvalue weighted by atomic mass is 19.4. The van der Waals surface area contributed by atoms with Crippen LogP contribution in [0.2, 0.25) is 0 Å². The number of rotatable bonds is 7. The topological polar surface area (TPSA) is 126 Å². The van der Waals surface area contributed by atoms with Crippen molar-refractivity contribution in [1.82, 2.24) is 5.32 Å². The van der Waals surface area contributed by atoms with Crippen LogP contribution in [0.25, 0.3) is 0 Å². The van der Waals surface area contributed by atoms with Gasteiger partial charge in [0.15, 0.2) is 0 Å². The zero-order valence-electron chi connectivity index (χ0n) is 22.7. The van der Waals surface area contributed by atoms with Crippen LogP contribution in [0, 0.1) is 5.82 Å². The van der Waals surface area contributed by atoms with Crippen LogP contribution in [0.1, 0.15) is 70.6 Å². The van der Waals surface area contributed by atoms with Gasteiger partial charge in [-0.05, 0) is 77.9 Å². The standard InChI is InChI=1S/C30H30F4N6O2/c31-25-15-20(14-24(16-25)30(32,33)34)17-37-29(42)40(26-12-10-22(11-13-26)21-4-2-1-3-5-21)18-19-6-8-23(9-7-19)27(41)38-28(35)39-36/h6-16,21,36H,1-5,17-18H2,(H,37,42)(H2,35,38,41)/p+1. The average Bonchev–Trinajstić information content (AvgIpc) is 2.98. The smallest absolute Gasteiger partial charge is 0.363 e. The molecule has 0 heterocycles. The quantitative estimate of drug-likeness (QED) is 0.148. The van der Waals surface area contributed by atoms with Crippen molar-refractivity contribution in [1.29, 1.82) is 0 Å². The van der Waals surface area contributed by atoms with Crippen molar-refractivity contribution in [3.05, 3.63) is 100 Å². The maximum atomic E-state index is 13.9. The molecule has 0 atom stereocenters. The molecule has 0 aliphatic heterocycles.